The zero-order chi connectivity index (χ0) is 14.4. The minimum Gasteiger partial charge on any atom is -0.331 e. The zero-order valence-electron chi connectivity index (χ0n) is 10.4. The van der Waals surface area contributed by atoms with E-state index in [0.717, 1.165) is 5.69 Å². The lowest BCUT2D eigenvalue weighted by molar-refractivity contribution is -0.384. The Morgan fingerprint density at radius 1 is 1.05 bits per heavy atom. The number of nitrogens with zero attached hydrogens (tertiary/aromatic N) is 1. The monoisotopic (exact) mass is 288 g/mol. The van der Waals surface area contributed by atoms with Crippen molar-refractivity contribution in [3.05, 3.63) is 64.7 Å². The van der Waals surface area contributed by atoms with Gasteiger partial charge >= 0.3 is 0 Å². The van der Waals surface area contributed by atoms with Gasteiger partial charge in [0.25, 0.3) is 5.69 Å². The predicted molar refractivity (Wildman–Crippen MR) is 82.5 cm³/mol. The highest BCUT2D eigenvalue weighted by Crippen LogP contribution is 2.22. The molecule has 0 aliphatic heterocycles. The average molecular weight is 288 g/mol. The van der Waals surface area contributed by atoms with E-state index in [1.54, 1.807) is 18.2 Å². The number of anilines is 2. The fourth-order valence-electron chi connectivity index (χ4n) is 1.55. The summed E-state index contributed by atoms with van der Waals surface area (Å²) in [6.07, 6.45) is 0. The molecule has 2 aromatic carbocycles. The van der Waals surface area contributed by atoms with Gasteiger partial charge in [0.15, 0.2) is 5.11 Å². The summed E-state index contributed by atoms with van der Waals surface area (Å²) in [5, 5.41) is 14.1. The van der Waals surface area contributed by atoms with Gasteiger partial charge in [-0.3, -0.25) is 21.0 Å². The van der Waals surface area contributed by atoms with Crippen LogP contribution >= 0.6 is 12.2 Å². The lowest BCUT2D eigenvalue weighted by atomic mass is 10.3. The van der Waals surface area contributed by atoms with Gasteiger partial charge in [0, 0.05) is 11.8 Å². The predicted octanol–water partition coefficient (Wildman–Crippen LogP) is 2.91. The summed E-state index contributed by atoms with van der Waals surface area (Å²) in [6, 6.07) is 15.7. The topological polar surface area (TPSA) is 79.2 Å². The van der Waals surface area contributed by atoms with Crippen molar-refractivity contribution in [3.8, 4) is 0 Å². The minimum atomic E-state index is -0.461. The summed E-state index contributed by atoms with van der Waals surface area (Å²) in [4.78, 5) is 10.4. The number of nitrogens with one attached hydrogen (secondary N) is 3. The Hall–Kier alpha value is -2.67. The fraction of sp³-hybridized carbons (Fsp3) is 0. The number of thiocarbonyl (C=S) groups is 1. The van der Waals surface area contributed by atoms with E-state index >= 15 is 0 Å². The van der Waals surface area contributed by atoms with Crippen molar-refractivity contribution in [2.75, 3.05) is 10.7 Å². The van der Waals surface area contributed by atoms with Crippen molar-refractivity contribution < 1.29 is 4.92 Å². The van der Waals surface area contributed by atoms with Crippen LogP contribution in [0.1, 0.15) is 0 Å². The molecule has 3 N–H and O–H groups in total. The summed E-state index contributed by atoms with van der Waals surface area (Å²) in [5.74, 6) is 0. The molecule has 0 spiro atoms. The van der Waals surface area contributed by atoms with E-state index in [4.69, 9.17) is 12.2 Å². The van der Waals surface area contributed by atoms with Gasteiger partial charge < -0.3 is 5.32 Å². The molecule has 20 heavy (non-hydrogen) atoms. The van der Waals surface area contributed by atoms with Gasteiger partial charge in [-0.05, 0) is 30.4 Å². The molecule has 0 radical (unpaired) electrons. The Morgan fingerprint density at radius 3 is 2.40 bits per heavy atom. The van der Waals surface area contributed by atoms with Crippen LogP contribution in [0.5, 0.6) is 0 Å². The average Bonchev–Trinajstić information content (AvgIpc) is 2.46. The van der Waals surface area contributed by atoms with Gasteiger partial charge in [-0.15, -0.1) is 0 Å². The van der Waals surface area contributed by atoms with E-state index in [1.807, 2.05) is 30.3 Å². The molecule has 0 bridgehead atoms. The second-order valence-electron chi connectivity index (χ2n) is 3.84. The number of hydrazine groups is 1. The van der Waals surface area contributed by atoms with E-state index in [1.165, 1.54) is 6.07 Å². The molecule has 0 heterocycles. The van der Waals surface area contributed by atoms with Gasteiger partial charge in [0.2, 0.25) is 0 Å². The lowest BCUT2D eigenvalue weighted by Gasteiger charge is -2.12. The van der Waals surface area contributed by atoms with Crippen LogP contribution in [0.3, 0.4) is 0 Å². The molecule has 0 aromatic heterocycles. The summed E-state index contributed by atoms with van der Waals surface area (Å²) >= 11 is 5.09. The normalized spacial score (nSPS) is 9.60. The Balaban J connectivity index is 1.96. The molecule has 7 heteroatoms. The Labute approximate surface area is 120 Å². The largest absolute Gasteiger partial charge is 0.331 e. The molecule has 0 saturated heterocycles. The van der Waals surface area contributed by atoms with Crippen LogP contribution in [0.15, 0.2) is 54.6 Å². The van der Waals surface area contributed by atoms with Crippen molar-refractivity contribution in [2.45, 2.75) is 0 Å². The minimum absolute atomic E-state index is 0.0255. The molecule has 0 saturated carbocycles. The Morgan fingerprint density at radius 2 is 1.70 bits per heavy atom. The number of nitro groups is 1. The second kappa shape index (κ2) is 6.48. The van der Waals surface area contributed by atoms with Crippen LogP contribution in [-0.2, 0) is 0 Å². The highest BCUT2D eigenvalue weighted by Gasteiger charge is 2.11. The van der Waals surface area contributed by atoms with Crippen LogP contribution in [0.4, 0.5) is 17.1 Å². The third-order valence-electron chi connectivity index (χ3n) is 2.44. The quantitative estimate of drug-likeness (QED) is 0.456. The van der Waals surface area contributed by atoms with Crippen molar-refractivity contribution in [1.29, 1.82) is 0 Å². The summed E-state index contributed by atoms with van der Waals surface area (Å²) in [5.41, 5.74) is 6.57. The molecule has 102 valence electrons. The maximum absolute atomic E-state index is 10.8. The first-order chi connectivity index (χ1) is 9.66. The van der Waals surface area contributed by atoms with Crippen molar-refractivity contribution in [2.24, 2.45) is 0 Å². The van der Waals surface area contributed by atoms with Crippen molar-refractivity contribution in [3.63, 3.8) is 0 Å². The number of benzene rings is 2. The van der Waals surface area contributed by atoms with Crippen LogP contribution < -0.4 is 16.2 Å². The molecule has 2 rings (SSSR count). The standard InChI is InChI=1S/C13H12N4O2S/c18-17(19)12-9-5-4-8-11(12)15-16-13(20)14-10-6-2-1-3-7-10/h1-9,15H,(H2,14,16,20). The molecule has 0 unspecified atom stereocenters. The van der Waals surface area contributed by atoms with Gasteiger partial charge in [0.05, 0.1) is 4.92 Å². The number of nitro benzene ring substituents is 1. The maximum Gasteiger partial charge on any atom is 0.294 e. The van der Waals surface area contributed by atoms with Gasteiger partial charge in [-0.25, -0.2) is 0 Å². The van der Waals surface area contributed by atoms with Crippen LogP contribution in [0, 0.1) is 10.1 Å². The van der Waals surface area contributed by atoms with Crippen molar-refractivity contribution in [1.82, 2.24) is 5.43 Å². The Kier molecular flexibility index (Phi) is 4.46. The maximum atomic E-state index is 10.8. The summed E-state index contributed by atoms with van der Waals surface area (Å²) in [7, 11) is 0. The molecule has 6 nitrogen and oxygen atoms in total. The van der Waals surface area contributed by atoms with Gasteiger partial charge in [-0.2, -0.15) is 0 Å². The first-order valence-corrected chi connectivity index (χ1v) is 6.19. The Bertz CT molecular complexity index is 619. The summed E-state index contributed by atoms with van der Waals surface area (Å²) in [6.45, 7) is 0. The fourth-order valence-corrected chi connectivity index (χ4v) is 1.72. The number of para-hydroxylation sites is 3. The van der Waals surface area contributed by atoms with E-state index in [2.05, 4.69) is 16.2 Å². The van der Waals surface area contributed by atoms with Gasteiger partial charge in [-0.1, -0.05) is 30.3 Å². The number of rotatable bonds is 4. The molecule has 0 atom stereocenters. The molecule has 0 fully saturated rings. The summed E-state index contributed by atoms with van der Waals surface area (Å²) < 4.78 is 0. The molecule has 0 aliphatic rings. The molecule has 0 aliphatic carbocycles. The SMILES string of the molecule is O=[N+]([O-])c1ccccc1NNC(=S)Nc1ccccc1. The van der Waals surface area contributed by atoms with E-state index in [0.29, 0.717) is 10.8 Å². The lowest BCUT2D eigenvalue weighted by Crippen LogP contribution is -2.33. The molecule has 2 aromatic rings. The van der Waals surface area contributed by atoms with Crippen molar-refractivity contribution >= 4 is 34.4 Å². The smallest absolute Gasteiger partial charge is 0.294 e. The van der Waals surface area contributed by atoms with E-state index in [9.17, 15) is 10.1 Å². The first kappa shape index (κ1) is 13.8. The molecular formula is C13H12N4O2S. The van der Waals surface area contributed by atoms with Crippen LogP contribution in [0.2, 0.25) is 0 Å². The van der Waals surface area contributed by atoms with Crippen LogP contribution in [-0.4, -0.2) is 10.0 Å². The molecule has 0 amide bonds. The third-order valence-corrected chi connectivity index (χ3v) is 2.65. The van der Waals surface area contributed by atoms with Gasteiger partial charge in [0.1, 0.15) is 5.69 Å². The zero-order valence-corrected chi connectivity index (χ0v) is 11.2. The highest BCUT2D eigenvalue weighted by molar-refractivity contribution is 7.80. The van der Waals surface area contributed by atoms with E-state index in [-0.39, 0.29) is 5.69 Å². The van der Waals surface area contributed by atoms with E-state index < -0.39 is 4.92 Å². The second-order valence-corrected chi connectivity index (χ2v) is 4.25. The van der Waals surface area contributed by atoms with Crippen LogP contribution in [0.25, 0.3) is 0 Å². The highest BCUT2D eigenvalue weighted by atomic mass is 32.1. The first-order valence-electron chi connectivity index (χ1n) is 5.78. The molecular weight excluding hydrogens is 276 g/mol. The number of hydrogen-bond donors (Lipinski definition) is 3. The third kappa shape index (κ3) is 3.66. The number of hydrogen-bond acceptors (Lipinski definition) is 4.